The van der Waals surface area contributed by atoms with E-state index in [0.717, 1.165) is 44.7 Å². The first kappa shape index (κ1) is 14.9. The van der Waals surface area contributed by atoms with E-state index >= 15 is 0 Å². The molecule has 0 aromatic carbocycles. The van der Waals surface area contributed by atoms with Crippen molar-refractivity contribution < 1.29 is 9.53 Å². The largest absolute Gasteiger partial charge is 0.381 e. The Kier molecular flexibility index (Phi) is 4.16. The van der Waals surface area contributed by atoms with E-state index in [-0.39, 0.29) is 11.8 Å². The average molecular weight is 316 g/mol. The van der Waals surface area contributed by atoms with Crippen molar-refractivity contribution in [2.75, 3.05) is 37.7 Å². The molecule has 1 unspecified atom stereocenters. The van der Waals surface area contributed by atoms with Crippen LogP contribution in [0.3, 0.4) is 0 Å². The van der Waals surface area contributed by atoms with Crippen LogP contribution in [-0.4, -0.2) is 49.0 Å². The molecule has 1 N–H and O–H groups in total. The highest BCUT2D eigenvalue weighted by Gasteiger charge is 2.30. The summed E-state index contributed by atoms with van der Waals surface area (Å²) in [6.45, 7) is 3.95. The van der Waals surface area contributed by atoms with Gasteiger partial charge in [-0.1, -0.05) is 0 Å². The number of rotatable bonds is 4. The van der Waals surface area contributed by atoms with E-state index < -0.39 is 0 Å². The van der Waals surface area contributed by atoms with Crippen molar-refractivity contribution in [2.45, 2.75) is 32.1 Å². The fourth-order valence-corrected chi connectivity index (χ4v) is 3.65. The van der Waals surface area contributed by atoms with E-state index in [2.05, 4.69) is 26.5 Å². The Morgan fingerprint density at radius 3 is 3.00 bits per heavy atom. The Bertz CT molecular complexity index is 580. The predicted octanol–water partition coefficient (Wildman–Crippen LogP) is 0.944. The Balaban J connectivity index is 1.25. The fourth-order valence-electron chi connectivity index (χ4n) is 3.65. The Morgan fingerprint density at radius 2 is 2.17 bits per heavy atom. The molecule has 23 heavy (non-hydrogen) atoms. The van der Waals surface area contributed by atoms with Crippen molar-refractivity contribution in [3.63, 3.8) is 0 Å². The lowest BCUT2D eigenvalue weighted by molar-refractivity contribution is -0.125. The van der Waals surface area contributed by atoms with Crippen LogP contribution in [0.25, 0.3) is 0 Å². The van der Waals surface area contributed by atoms with Gasteiger partial charge in [0.05, 0.1) is 18.2 Å². The third-order valence-electron chi connectivity index (χ3n) is 5.20. The summed E-state index contributed by atoms with van der Waals surface area (Å²) in [6, 6.07) is 2.21. The van der Waals surface area contributed by atoms with Crippen LogP contribution < -0.4 is 10.2 Å². The molecule has 4 rings (SSSR count). The Labute approximate surface area is 136 Å². The molecule has 6 nitrogen and oxygen atoms in total. The summed E-state index contributed by atoms with van der Waals surface area (Å²) in [5.74, 6) is 1.71. The smallest absolute Gasteiger partial charge is 0.225 e. The lowest BCUT2D eigenvalue weighted by atomic mass is 9.95. The number of hydrogen-bond donors (Lipinski definition) is 1. The fraction of sp³-hybridized carbons (Fsp3) is 0.706. The van der Waals surface area contributed by atoms with Crippen molar-refractivity contribution in [1.29, 1.82) is 0 Å². The van der Waals surface area contributed by atoms with Gasteiger partial charge in [-0.3, -0.25) is 4.79 Å². The molecule has 2 saturated heterocycles. The van der Waals surface area contributed by atoms with Crippen LogP contribution >= 0.6 is 0 Å². The third-order valence-corrected chi connectivity index (χ3v) is 5.20. The maximum absolute atomic E-state index is 12.0. The molecule has 3 heterocycles. The van der Waals surface area contributed by atoms with E-state index in [1.807, 2.05) is 0 Å². The third kappa shape index (κ3) is 3.17. The van der Waals surface area contributed by atoms with Crippen molar-refractivity contribution >= 4 is 11.7 Å². The normalized spacial score (nSPS) is 24.2. The van der Waals surface area contributed by atoms with Crippen molar-refractivity contribution in [3.05, 3.63) is 17.3 Å². The molecule has 1 aromatic rings. The van der Waals surface area contributed by atoms with Gasteiger partial charge < -0.3 is 15.0 Å². The molecule has 1 atom stereocenters. The second kappa shape index (κ2) is 6.43. The van der Waals surface area contributed by atoms with Gasteiger partial charge in [0.1, 0.15) is 0 Å². The molecule has 3 aliphatic rings. The molecule has 0 saturated carbocycles. The van der Waals surface area contributed by atoms with Gasteiger partial charge in [0.25, 0.3) is 0 Å². The molecular weight excluding hydrogens is 292 g/mol. The highest BCUT2D eigenvalue weighted by Crippen LogP contribution is 2.26. The van der Waals surface area contributed by atoms with Crippen LogP contribution in [0.1, 0.15) is 30.5 Å². The topological polar surface area (TPSA) is 67.4 Å². The van der Waals surface area contributed by atoms with Gasteiger partial charge in [0.15, 0.2) is 5.82 Å². The van der Waals surface area contributed by atoms with Crippen molar-refractivity contribution in [3.8, 4) is 0 Å². The Hall–Kier alpha value is -1.69. The Morgan fingerprint density at radius 1 is 1.30 bits per heavy atom. The van der Waals surface area contributed by atoms with Crippen LogP contribution in [0.5, 0.6) is 0 Å². The van der Waals surface area contributed by atoms with Gasteiger partial charge in [-0.2, -0.15) is 5.10 Å². The summed E-state index contributed by atoms with van der Waals surface area (Å²) in [6.07, 6.45) is 5.56. The van der Waals surface area contributed by atoms with E-state index in [9.17, 15) is 4.79 Å². The molecule has 1 amide bonds. The van der Waals surface area contributed by atoms with Crippen LogP contribution in [0.4, 0.5) is 5.82 Å². The quantitative estimate of drug-likeness (QED) is 0.895. The second-order valence-corrected chi connectivity index (χ2v) is 6.96. The molecule has 2 aliphatic heterocycles. The number of aryl methyl sites for hydroxylation is 2. The van der Waals surface area contributed by atoms with Crippen molar-refractivity contribution in [2.24, 2.45) is 11.8 Å². The minimum Gasteiger partial charge on any atom is -0.381 e. The summed E-state index contributed by atoms with van der Waals surface area (Å²) in [4.78, 5) is 14.2. The molecule has 0 bridgehead atoms. The molecule has 0 radical (unpaired) electrons. The SMILES string of the molecule is O=C(NCC1CN(c2cc3c(nn2)CCCC3)C1)C1CCOC1. The zero-order valence-corrected chi connectivity index (χ0v) is 13.5. The van der Waals surface area contributed by atoms with Gasteiger partial charge in [-0.25, -0.2) is 0 Å². The number of hydrogen-bond acceptors (Lipinski definition) is 5. The molecule has 1 aliphatic carbocycles. The van der Waals surface area contributed by atoms with Gasteiger partial charge >= 0.3 is 0 Å². The average Bonchev–Trinajstić information content (AvgIpc) is 3.07. The maximum Gasteiger partial charge on any atom is 0.225 e. The highest BCUT2D eigenvalue weighted by molar-refractivity contribution is 5.79. The molecule has 2 fully saturated rings. The molecular formula is C17H24N4O2. The molecule has 0 spiro atoms. The number of nitrogens with zero attached hydrogens (tertiary/aromatic N) is 3. The van der Waals surface area contributed by atoms with E-state index in [0.29, 0.717) is 19.1 Å². The van der Waals surface area contributed by atoms with E-state index in [1.165, 1.54) is 24.1 Å². The number of aromatic nitrogens is 2. The number of nitrogens with one attached hydrogen (secondary N) is 1. The summed E-state index contributed by atoms with van der Waals surface area (Å²) < 4.78 is 5.26. The monoisotopic (exact) mass is 316 g/mol. The summed E-state index contributed by atoms with van der Waals surface area (Å²) in [7, 11) is 0. The molecule has 6 heteroatoms. The zero-order chi connectivity index (χ0) is 15.6. The first-order valence-electron chi connectivity index (χ1n) is 8.75. The number of carbonyl (C=O) groups excluding carboxylic acids is 1. The van der Waals surface area contributed by atoms with Gasteiger partial charge in [0.2, 0.25) is 5.91 Å². The first-order chi connectivity index (χ1) is 11.3. The number of amides is 1. The van der Waals surface area contributed by atoms with E-state index in [4.69, 9.17) is 4.74 Å². The first-order valence-corrected chi connectivity index (χ1v) is 8.75. The number of carbonyl (C=O) groups is 1. The number of fused-ring (bicyclic) bond motifs is 1. The summed E-state index contributed by atoms with van der Waals surface area (Å²) in [5.41, 5.74) is 2.56. The maximum atomic E-state index is 12.0. The molecule has 1 aromatic heterocycles. The summed E-state index contributed by atoms with van der Waals surface area (Å²) in [5, 5.41) is 11.8. The number of ether oxygens (including phenoxy) is 1. The zero-order valence-electron chi connectivity index (χ0n) is 13.5. The lowest BCUT2D eigenvalue weighted by Crippen LogP contribution is -2.52. The number of anilines is 1. The van der Waals surface area contributed by atoms with E-state index in [1.54, 1.807) is 0 Å². The highest BCUT2D eigenvalue weighted by atomic mass is 16.5. The predicted molar refractivity (Wildman–Crippen MR) is 86.3 cm³/mol. The van der Waals surface area contributed by atoms with Crippen molar-refractivity contribution in [1.82, 2.24) is 15.5 Å². The van der Waals surface area contributed by atoms with Gasteiger partial charge in [-0.15, -0.1) is 5.10 Å². The second-order valence-electron chi connectivity index (χ2n) is 6.96. The standard InChI is InChI=1S/C17H24N4O2/c22-17(14-5-6-23-11-14)18-8-12-9-21(10-12)16-7-13-3-1-2-4-15(13)19-20-16/h7,12,14H,1-6,8-11H2,(H,18,22). The van der Waals surface area contributed by atoms with Crippen LogP contribution in [0.2, 0.25) is 0 Å². The van der Waals surface area contributed by atoms with Crippen LogP contribution in [0.15, 0.2) is 6.07 Å². The minimum atomic E-state index is 0.0534. The van der Waals surface area contributed by atoms with Crippen LogP contribution in [0, 0.1) is 11.8 Å². The summed E-state index contributed by atoms with van der Waals surface area (Å²) >= 11 is 0. The lowest BCUT2D eigenvalue weighted by Gasteiger charge is -2.40. The van der Waals surface area contributed by atoms with Gasteiger partial charge in [0, 0.05) is 32.2 Å². The molecule has 124 valence electrons. The van der Waals surface area contributed by atoms with Gasteiger partial charge in [-0.05, 0) is 43.7 Å². The minimum absolute atomic E-state index is 0.0534. The van der Waals surface area contributed by atoms with Crippen LogP contribution in [-0.2, 0) is 22.4 Å².